The molecule has 0 heterocycles. The van der Waals surface area contributed by atoms with E-state index in [0.29, 0.717) is 18.1 Å². The molecule has 0 radical (unpaired) electrons. The highest BCUT2D eigenvalue weighted by atomic mass is 35.5. The summed E-state index contributed by atoms with van der Waals surface area (Å²) in [5.41, 5.74) is 0.917. The molecule has 1 aromatic rings. The van der Waals surface area contributed by atoms with Gasteiger partial charge in [-0.2, -0.15) is 0 Å². The van der Waals surface area contributed by atoms with Crippen molar-refractivity contribution in [2.24, 2.45) is 5.90 Å². The predicted octanol–water partition coefficient (Wildman–Crippen LogP) is 1.48. The number of nitrogens with two attached hydrogens (primary N) is 1. The number of halogens is 1. The summed E-state index contributed by atoms with van der Waals surface area (Å²) in [6, 6.07) is 4.82. The van der Waals surface area contributed by atoms with Gasteiger partial charge in [0.2, 0.25) is 0 Å². The summed E-state index contributed by atoms with van der Waals surface area (Å²) in [5, 5.41) is 9.56. The average molecular weight is 188 g/mol. The van der Waals surface area contributed by atoms with Gasteiger partial charge in [0.15, 0.2) is 0 Å². The molecule has 1 aromatic carbocycles. The molecule has 0 aliphatic rings. The quantitative estimate of drug-likeness (QED) is 0.705. The van der Waals surface area contributed by atoms with Crippen molar-refractivity contribution >= 4 is 11.6 Å². The van der Waals surface area contributed by atoms with Crippen LogP contribution in [0.4, 0.5) is 0 Å². The Morgan fingerprint density at radius 1 is 1.50 bits per heavy atom. The van der Waals surface area contributed by atoms with E-state index in [1.165, 1.54) is 6.07 Å². The molecule has 0 unspecified atom stereocenters. The Bertz CT molecular complexity index is 265. The van der Waals surface area contributed by atoms with Crippen molar-refractivity contribution in [3.63, 3.8) is 0 Å². The summed E-state index contributed by atoms with van der Waals surface area (Å²) in [6.07, 6.45) is 0.648. The summed E-state index contributed by atoms with van der Waals surface area (Å²) in [4.78, 5) is 4.41. The highest BCUT2D eigenvalue weighted by Crippen LogP contribution is 2.21. The minimum Gasteiger partial charge on any atom is -0.508 e. The van der Waals surface area contributed by atoms with E-state index in [9.17, 15) is 0 Å². The van der Waals surface area contributed by atoms with Gasteiger partial charge in [0.1, 0.15) is 5.75 Å². The number of phenols is 1. The van der Waals surface area contributed by atoms with Gasteiger partial charge in [-0.1, -0.05) is 17.7 Å². The molecule has 0 aliphatic heterocycles. The first kappa shape index (κ1) is 9.32. The van der Waals surface area contributed by atoms with Crippen molar-refractivity contribution in [3.8, 4) is 5.75 Å². The first-order valence-corrected chi connectivity index (χ1v) is 3.91. The second-order valence-corrected chi connectivity index (χ2v) is 2.80. The van der Waals surface area contributed by atoms with Crippen molar-refractivity contribution in [3.05, 3.63) is 28.8 Å². The normalized spacial score (nSPS) is 10.2. The molecule has 0 aliphatic carbocycles. The highest BCUT2D eigenvalue weighted by molar-refractivity contribution is 6.31. The molecule has 4 heteroatoms. The number of hydrogen-bond donors (Lipinski definition) is 2. The van der Waals surface area contributed by atoms with Crippen LogP contribution in [0, 0.1) is 0 Å². The molecule has 0 spiro atoms. The fraction of sp³-hybridized carbons (Fsp3) is 0.250. The molecule has 66 valence electrons. The largest absolute Gasteiger partial charge is 0.508 e. The van der Waals surface area contributed by atoms with E-state index in [4.69, 9.17) is 22.6 Å². The molecule has 0 saturated carbocycles. The van der Waals surface area contributed by atoms with Crippen LogP contribution in [0.5, 0.6) is 5.75 Å². The molecule has 12 heavy (non-hydrogen) atoms. The van der Waals surface area contributed by atoms with Crippen LogP contribution >= 0.6 is 11.6 Å². The molecular weight excluding hydrogens is 178 g/mol. The van der Waals surface area contributed by atoms with Crippen LogP contribution in [-0.4, -0.2) is 11.7 Å². The fourth-order valence-electron chi connectivity index (χ4n) is 0.908. The SMILES string of the molecule is NOCCc1ccc(O)cc1Cl. The Labute approximate surface area is 75.7 Å². The molecule has 0 bridgehead atoms. The topological polar surface area (TPSA) is 55.5 Å². The Hall–Kier alpha value is -0.770. The molecule has 0 atom stereocenters. The van der Waals surface area contributed by atoms with Gasteiger partial charge in [0.25, 0.3) is 0 Å². The van der Waals surface area contributed by atoms with Gasteiger partial charge in [-0.15, -0.1) is 0 Å². The predicted molar refractivity (Wildman–Crippen MR) is 47.0 cm³/mol. The van der Waals surface area contributed by atoms with E-state index in [0.717, 1.165) is 5.56 Å². The summed E-state index contributed by atoms with van der Waals surface area (Å²) < 4.78 is 0. The number of phenolic OH excluding ortho intramolecular Hbond substituents is 1. The lowest BCUT2D eigenvalue weighted by atomic mass is 10.1. The second kappa shape index (κ2) is 4.30. The van der Waals surface area contributed by atoms with E-state index in [-0.39, 0.29) is 5.75 Å². The summed E-state index contributed by atoms with van der Waals surface area (Å²) in [6.45, 7) is 0.421. The van der Waals surface area contributed by atoms with Crippen molar-refractivity contribution in [1.29, 1.82) is 0 Å². The van der Waals surface area contributed by atoms with E-state index in [2.05, 4.69) is 4.84 Å². The van der Waals surface area contributed by atoms with Crippen LogP contribution in [0.1, 0.15) is 5.56 Å². The van der Waals surface area contributed by atoms with Crippen LogP contribution in [-0.2, 0) is 11.3 Å². The fourth-order valence-corrected chi connectivity index (χ4v) is 1.18. The third kappa shape index (κ3) is 2.37. The standard InChI is InChI=1S/C8H10ClNO2/c9-8-5-7(11)2-1-6(8)3-4-12-10/h1-2,5,11H,3-4,10H2. The zero-order valence-electron chi connectivity index (χ0n) is 6.46. The Kier molecular flexibility index (Phi) is 3.34. The van der Waals surface area contributed by atoms with Gasteiger partial charge in [0, 0.05) is 5.02 Å². The number of aromatic hydroxyl groups is 1. The van der Waals surface area contributed by atoms with Gasteiger partial charge in [-0.25, -0.2) is 5.90 Å². The third-order valence-corrected chi connectivity index (χ3v) is 1.88. The number of hydrogen-bond acceptors (Lipinski definition) is 3. The van der Waals surface area contributed by atoms with E-state index in [1.807, 2.05) is 0 Å². The van der Waals surface area contributed by atoms with Crippen molar-refractivity contribution in [2.75, 3.05) is 6.61 Å². The Morgan fingerprint density at radius 2 is 2.25 bits per heavy atom. The van der Waals surface area contributed by atoms with Gasteiger partial charge in [0.05, 0.1) is 6.61 Å². The lowest BCUT2D eigenvalue weighted by Crippen LogP contribution is -2.03. The lowest BCUT2D eigenvalue weighted by Gasteiger charge is -2.02. The second-order valence-electron chi connectivity index (χ2n) is 2.40. The number of benzene rings is 1. The van der Waals surface area contributed by atoms with Crippen LogP contribution in [0.2, 0.25) is 5.02 Å². The molecule has 0 amide bonds. The molecule has 1 rings (SSSR count). The maximum absolute atomic E-state index is 9.02. The summed E-state index contributed by atoms with van der Waals surface area (Å²) >= 11 is 5.81. The van der Waals surface area contributed by atoms with Crippen LogP contribution < -0.4 is 5.90 Å². The summed E-state index contributed by atoms with van der Waals surface area (Å²) in [5.74, 6) is 5.03. The zero-order chi connectivity index (χ0) is 8.97. The minimum absolute atomic E-state index is 0.164. The first-order valence-electron chi connectivity index (χ1n) is 3.53. The monoisotopic (exact) mass is 187 g/mol. The van der Waals surface area contributed by atoms with E-state index >= 15 is 0 Å². The van der Waals surface area contributed by atoms with Crippen LogP contribution in [0.3, 0.4) is 0 Å². The molecule has 0 aromatic heterocycles. The molecule has 0 saturated heterocycles. The maximum Gasteiger partial charge on any atom is 0.117 e. The Balaban J connectivity index is 2.72. The molecular formula is C8H10ClNO2. The zero-order valence-corrected chi connectivity index (χ0v) is 7.21. The molecule has 3 nitrogen and oxygen atoms in total. The minimum atomic E-state index is 0.164. The van der Waals surface area contributed by atoms with Gasteiger partial charge in [-0.05, 0) is 24.1 Å². The lowest BCUT2D eigenvalue weighted by molar-refractivity contribution is 0.141. The van der Waals surface area contributed by atoms with Gasteiger partial charge < -0.3 is 9.94 Å². The van der Waals surface area contributed by atoms with Crippen LogP contribution in [0.25, 0.3) is 0 Å². The highest BCUT2D eigenvalue weighted by Gasteiger charge is 2.00. The van der Waals surface area contributed by atoms with Crippen molar-refractivity contribution in [2.45, 2.75) is 6.42 Å². The van der Waals surface area contributed by atoms with Crippen molar-refractivity contribution in [1.82, 2.24) is 0 Å². The third-order valence-electron chi connectivity index (χ3n) is 1.53. The molecule has 0 fully saturated rings. The maximum atomic E-state index is 9.02. The smallest absolute Gasteiger partial charge is 0.117 e. The van der Waals surface area contributed by atoms with Crippen LogP contribution in [0.15, 0.2) is 18.2 Å². The molecule has 3 N–H and O–H groups in total. The van der Waals surface area contributed by atoms with Crippen molar-refractivity contribution < 1.29 is 9.94 Å². The van der Waals surface area contributed by atoms with Gasteiger partial charge >= 0.3 is 0 Å². The van der Waals surface area contributed by atoms with E-state index in [1.54, 1.807) is 12.1 Å². The van der Waals surface area contributed by atoms with Gasteiger partial charge in [-0.3, -0.25) is 0 Å². The number of rotatable bonds is 3. The average Bonchev–Trinajstić information content (AvgIpc) is 2.03. The van der Waals surface area contributed by atoms with E-state index < -0.39 is 0 Å². The summed E-state index contributed by atoms with van der Waals surface area (Å²) in [7, 11) is 0. The first-order chi connectivity index (χ1) is 5.74. The Morgan fingerprint density at radius 3 is 2.83 bits per heavy atom.